The number of nitrogens with one attached hydrogen (secondary N) is 2. The summed E-state index contributed by atoms with van der Waals surface area (Å²) in [5.74, 6) is 0.840. The first-order valence-electron chi connectivity index (χ1n) is 7.40. The molecule has 1 saturated heterocycles. The number of carbonyl (C=O) groups is 1. The van der Waals surface area contributed by atoms with Crippen molar-refractivity contribution in [2.24, 2.45) is 0 Å². The predicted octanol–water partition coefficient (Wildman–Crippen LogP) is 2.00. The molecular weight excluding hydrogens is 290 g/mol. The fourth-order valence-electron chi connectivity index (χ4n) is 2.36. The van der Waals surface area contributed by atoms with Gasteiger partial charge in [0.05, 0.1) is 6.54 Å². The SMILES string of the molecule is O=C1NCCN1CCOc1ccc(Cl)cc1CNC1CC1. The molecule has 0 unspecified atom stereocenters. The molecule has 6 heteroatoms. The zero-order valence-electron chi connectivity index (χ0n) is 11.9. The van der Waals surface area contributed by atoms with Gasteiger partial charge in [0.25, 0.3) is 0 Å². The Bertz CT molecular complexity index is 520. The zero-order valence-corrected chi connectivity index (χ0v) is 12.7. The Balaban J connectivity index is 1.54. The van der Waals surface area contributed by atoms with E-state index in [-0.39, 0.29) is 6.03 Å². The minimum Gasteiger partial charge on any atom is -0.491 e. The summed E-state index contributed by atoms with van der Waals surface area (Å²) in [6, 6.07) is 6.31. The number of benzene rings is 1. The van der Waals surface area contributed by atoms with Crippen LogP contribution in [0.25, 0.3) is 0 Å². The lowest BCUT2D eigenvalue weighted by atomic mass is 10.2. The van der Waals surface area contributed by atoms with Gasteiger partial charge in [-0.25, -0.2) is 4.79 Å². The third kappa shape index (κ3) is 4.02. The highest BCUT2D eigenvalue weighted by molar-refractivity contribution is 6.30. The minimum atomic E-state index is -0.00895. The quantitative estimate of drug-likeness (QED) is 0.810. The van der Waals surface area contributed by atoms with Crippen molar-refractivity contribution in [3.8, 4) is 5.75 Å². The summed E-state index contributed by atoms with van der Waals surface area (Å²) in [4.78, 5) is 13.2. The van der Waals surface area contributed by atoms with Crippen molar-refractivity contribution in [1.29, 1.82) is 0 Å². The topological polar surface area (TPSA) is 53.6 Å². The smallest absolute Gasteiger partial charge is 0.317 e. The van der Waals surface area contributed by atoms with Crippen LogP contribution in [-0.4, -0.2) is 43.2 Å². The standard InChI is InChI=1S/C15H20ClN3O2/c16-12-1-4-14(11(9-12)10-18-13-2-3-13)21-8-7-19-6-5-17-15(19)20/h1,4,9,13,18H,2-3,5-8,10H2,(H,17,20). The first kappa shape index (κ1) is 14.5. The largest absolute Gasteiger partial charge is 0.491 e. The van der Waals surface area contributed by atoms with Gasteiger partial charge in [0.15, 0.2) is 0 Å². The molecule has 1 aliphatic carbocycles. The molecule has 0 radical (unpaired) electrons. The Hall–Kier alpha value is -1.46. The summed E-state index contributed by atoms with van der Waals surface area (Å²) in [6.45, 7) is 3.33. The molecule has 2 N–H and O–H groups in total. The summed E-state index contributed by atoms with van der Waals surface area (Å²) in [5, 5.41) is 6.96. The monoisotopic (exact) mass is 309 g/mol. The molecule has 0 spiro atoms. The molecule has 1 aromatic rings. The molecule has 5 nitrogen and oxygen atoms in total. The third-order valence-corrected chi connectivity index (χ3v) is 3.98. The van der Waals surface area contributed by atoms with Crippen molar-refractivity contribution < 1.29 is 9.53 Å². The Morgan fingerprint density at radius 1 is 1.43 bits per heavy atom. The van der Waals surface area contributed by atoms with Crippen molar-refractivity contribution in [2.75, 3.05) is 26.2 Å². The first-order valence-corrected chi connectivity index (χ1v) is 7.77. The van der Waals surface area contributed by atoms with Crippen molar-refractivity contribution in [3.05, 3.63) is 28.8 Å². The van der Waals surface area contributed by atoms with Crippen LogP contribution >= 0.6 is 11.6 Å². The van der Waals surface area contributed by atoms with Gasteiger partial charge >= 0.3 is 6.03 Å². The van der Waals surface area contributed by atoms with Gasteiger partial charge in [-0.2, -0.15) is 0 Å². The fourth-order valence-corrected chi connectivity index (χ4v) is 2.55. The van der Waals surface area contributed by atoms with Crippen molar-refractivity contribution in [2.45, 2.75) is 25.4 Å². The van der Waals surface area contributed by atoms with Crippen LogP contribution in [0.5, 0.6) is 5.75 Å². The summed E-state index contributed by atoms with van der Waals surface area (Å²) in [7, 11) is 0. The fraction of sp³-hybridized carbons (Fsp3) is 0.533. The van der Waals surface area contributed by atoms with E-state index in [0.29, 0.717) is 24.2 Å². The van der Waals surface area contributed by atoms with E-state index in [0.717, 1.165) is 30.9 Å². The van der Waals surface area contributed by atoms with Crippen LogP contribution in [0, 0.1) is 0 Å². The lowest BCUT2D eigenvalue weighted by molar-refractivity contribution is 0.202. The second-order valence-electron chi connectivity index (χ2n) is 5.47. The highest BCUT2D eigenvalue weighted by Gasteiger charge is 2.21. The number of ether oxygens (including phenoxy) is 1. The molecule has 1 heterocycles. The van der Waals surface area contributed by atoms with Crippen LogP contribution in [0.15, 0.2) is 18.2 Å². The van der Waals surface area contributed by atoms with E-state index < -0.39 is 0 Å². The van der Waals surface area contributed by atoms with E-state index in [4.69, 9.17) is 16.3 Å². The normalized spacial score (nSPS) is 18.0. The molecule has 1 aromatic carbocycles. The molecule has 2 fully saturated rings. The Labute approximate surface area is 129 Å². The van der Waals surface area contributed by atoms with Gasteiger partial charge in [-0.1, -0.05) is 11.6 Å². The number of amides is 2. The highest BCUT2D eigenvalue weighted by atomic mass is 35.5. The summed E-state index contributed by atoms with van der Waals surface area (Å²) < 4.78 is 5.83. The van der Waals surface area contributed by atoms with Crippen molar-refractivity contribution in [1.82, 2.24) is 15.5 Å². The van der Waals surface area contributed by atoms with Gasteiger partial charge in [0.2, 0.25) is 0 Å². The van der Waals surface area contributed by atoms with Gasteiger partial charge in [0, 0.05) is 36.3 Å². The second-order valence-corrected chi connectivity index (χ2v) is 5.91. The van der Waals surface area contributed by atoms with E-state index >= 15 is 0 Å². The lowest BCUT2D eigenvalue weighted by Crippen LogP contribution is -2.32. The maximum absolute atomic E-state index is 11.4. The zero-order chi connectivity index (χ0) is 14.7. The predicted molar refractivity (Wildman–Crippen MR) is 81.8 cm³/mol. The van der Waals surface area contributed by atoms with Gasteiger partial charge in [-0.15, -0.1) is 0 Å². The Morgan fingerprint density at radius 2 is 2.29 bits per heavy atom. The molecule has 1 aliphatic heterocycles. The Kier molecular flexibility index (Phi) is 4.51. The van der Waals surface area contributed by atoms with Gasteiger partial charge in [-0.3, -0.25) is 0 Å². The number of rotatable bonds is 7. The molecule has 0 atom stereocenters. The van der Waals surface area contributed by atoms with Gasteiger partial charge in [-0.05, 0) is 31.0 Å². The first-order chi connectivity index (χ1) is 10.2. The second kappa shape index (κ2) is 6.54. The summed E-state index contributed by atoms with van der Waals surface area (Å²) in [6.07, 6.45) is 2.50. The molecule has 21 heavy (non-hydrogen) atoms. The average molecular weight is 310 g/mol. The van der Waals surface area contributed by atoms with E-state index in [1.807, 2.05) is 18.2 Å². The number of hydrogen-bond acceptors (Lipinski definition) is 3. The van der Waals surface area contributed by atoms with Crippen LogP contribution < -0.4 is 15.4 Å². The number of halogens is 1. The van der Waals surface area contributed by atoms with Crippen molar-refractivity contribution >= 4 is 17.6 Å². The van der Waals surface area contributed by atoms with Gasteiger partial charge < -0.3 is 20.3 Å². The molecule has 114 valence electrons. The number of hydrogen-bond donors (Lipinski definition) is 2. The summed E-state index contributed by atoms with van der Waals surface area (Å²) >= 11 is 6.06. The van der Waals surface area contributed by atoms with Crippen LogP contribution in [0.2, 0.25) is 5.02 Å². The van der Waals surface area contributed by atoms with Crippen molar-refractivity contribution in [3.63, 3.8) is 0 Å². The maximum Gasteiger partial charge on any atom is 0.317 e. The average Bonchev–Trinajstić information content (AvgIpc) is 3.21. The lowest BCUT2D eigenvalue weighted by Gasteiger charge is -2.16. The number of carbonyl (C=O) groups excluding carboxylic acids is 1. The van der Waals surface area contributed by atoms with E-state index in [9.17, 15) is 4.79 Å². The van der Waals surface area contributed by atoms with Crippen LogP contribution in [0.1, 0.15) is 18.4 Å². The molecule has 0 bridgehead atoms. The third-order valence-electron chi connectivity index (χ3n) is 3.75. The number of nitrogens with zero attached hydrogens (tertiary/aromatic N) is 1. The molecule has 2 amide bonds. The molecule has 1 saturated carbocycles. The summed E-state index contributed by atoms with van der Waals surface area (Å²) in [5.41, 5.74) is 1.07. The molecule has 3 rings (SSSR count). The molecule has 0 aromatic heterocycles. The van der Waals surface area contributed by atoms with Gasteiger partial charge in [0.1, 0.15) is 12.4 Å². The maximum atomic E-state index is 11.4. The van der Waals surface area contributed by atoms with E-state index in [1.54, 1.807) is 4.90 Å². The van der Waals surface area contributed by atoms with E-state index in [2.05, 4.69) is 10.6 Å². The Morgan fingerprint density at radius 3 is 3.00 bits per heavy atom. The van der Waals surface area contributed by atoms with Crippen LogP contribution in [-0.2, 0) is 6.54 Å². The molecular formula is C15H20ClN3O2. The van der Waals surface area contributed by atoms with Crippen LogP contribution in [0.3, 0.4) is 0 Å². The molecule has 2 aliphatic rings. The van der Waals surface area contributed by atoms with E-state index in [1.165, 1.54) is 12.8 Å². The van der Waals surface area contributed by atoms with Crippen LogP contribution in [0.4, 0.5) is 4.79 Å². The number of urea groups is 1. The minimum absolute atomic E-state index is 0.00895. The highest BCUT2D eigenvalue weighted by Crippen LogP contribution is 2.25.